The second kappa shape index (κ2) is 8.50. The van der Waals surface area contributed by atoms with E-state index in [0.717, 1.165) is 0 Å². The zero-order chi connectivity index (χ0) is 18.2. The molecule has 1 atom stereocenters. The van der Waals surface area contributed by atoms with Crippen molar-refractivity contribution >= 4 is 17.6 Å². The molecule has 0 saturated carbocycles. The van der Waals surface area contributed by atoms with Gasteiger partial charge in [-0.2, -0.15) is 5.26 Å². The minimum atomic E-state index is -0.792. The number of nitrogens with zero attached hydrogens (tertiary/aromatic N) is 1. The summed E-state index contributed by atoms with van der Waals surface area (Å²) in [5.41, 5.74) is 1.30. The third-order valence-corrected chi connectivity index (χ3v) is 3.34. The topological polar surface area (TPSA) is 88.4 Å². The fourth-order valence-electron chi connectivity index (χ4n) is 2.05. The van der Waals surface area contributed by atoms with E-state index in [1.54, 1.807) is 62.4 Å². The van der Waals surface area contributed by atoms with Crippen molar-refractivity contribution < 1.29 is 19.1 Å². The number of nitriles is 1. The highest BCUT2D eigenvalue weighted by Crippen LogP contribution is 2.19. The number of benzene rings is 2. The van der Waals surface area contributed by atoms with Crippen LogP contribution >= 0.6 is 0 Å². The van der Waals surface area contributed by atoms with Crippen molar-refractivity contribution in [1.29, 1.82) is 5.26 Å². The molecule has 2 aromatic rings. The minimum Gasteiger partial charge on any atom is -0.480 e. The summed E-state index contributed by atoms with van der Waals surface area (Å²) in [6.45, 7) is 3.63. The molecule has 2 rings (SSSR count). The Bertz CT molecular complexity index is 794. The van der Waals surface area contributed by atoms with Crippen molar-refractivity contribution in [2.75, 3.05) is 11.9 Å². The van der Waals surface area contributed by atoms with Crippen molar-refractivity contribution in [2.24, 2.45) is 0 Å². The average Bonchev–Trinajstić information content (AvgIpc) is 2.63. The molecule has 0 saturated heterocycles. The average molecular weight is 338 g/mol. The molecular weight excluding hydrogens is 320 g/mol. The summed E-state index contributed by atoms with van der Waals surface area (Å²) < 4.78 is 10.5. The molecule has 0 spiro atoms. The Kier molecular flexibility index (Phi) is 6.13. The fraction of sp³-hybridized carbons (Fsp3) is 0.211. The highest BCUT2D eigenvalue weighted by molar-refractivity contribution is 5.95. The monoisotopic (exact) mass is 338 g/mol. The van der Waals surface area contributed by atoms with Crippen LogP contribution in [0.2, 0.25) is 0 Å². The Morgan fingerprint density at radius 2 is 1.84 bits per heavy atom. The lowest BCUT2D eigenvalue weighted by atomic mass is 10.2. The third kappa shape index (κ3) is 4.82. The summed E-state index contributed by atoms with van der Waals surface area (Å²) in [5, 5.41) is 11.7. The highest BCUT2D eigenvalue weighted by Gasteiger charge is 2.16. The van der Waals surface area contributed by atoms with Gasteiger partial charge in [-0.25, -0.2) is 4.79 Å². The Labute approximate surface area is 146 Å². The van der Waals surface area contributed by atoms with E-state index in [0.29, 0.717) is 29.2 Å². The van der Waals surface area contributed by atoms with Crippen LogP contribution in [0, 0.1) is 11.3 Å². The number of esters is 1. The van der Waals surface area contributed by atoms with Crippen LogP contribution in [0.25, 0.3) is 0 Å². The van der Waals surface area contributed by atoms with Gasteiger partial charge in [0.25, 0.3) is 5.91 Å². The van der Waals surface area contributed by atoms with Gasteiger partial charge in [-0.05, 0) is 50.2 Å². The van der Waals surface area contributed by atoms with Crippen molar-refractivity contribution in [2.45, 2.75) is 20.0 Å². The van der Waals surface area contributed by atoms with Gasteiger partial charge in [0.15, 0.2) is 6.10 Å². The van der Waals surface area contributed by atoms with Crippen LogP contribution in [0.4, 0.5) is 5.69 Å². The first-order chi connectivity index (χ1) is 12.0. The van der Waals surface area contributed by atoms with Crippen LogP contribution in [0.3, 0.4) is 0 Å². The zero-order valence-corrected chi connectivity index (χ0v) is 14.0. The number of amides is 1. The normalized spacial score (nSPS) is 11.1. The molecule has 0 radical (unpaired) electrons. The SMILES string of the molecule is CCOC(=O)c1ccc(NC(=O)C(C)Oc2ccccc2C#N)cc1. The van der Waals surface area contributed by atoms with Crippen LogP contribution < -0.4 is 10.1 Å². The van der Waals surface area contributed by atoms with Gasteiger partial charge in [-0.3, -0.25) is 4.79 Å². The lowest BCUT2D eigenvalue weighted by Gasteiger charge is -2.15. The number of hydrogen-bond acceptors (Lipinski definition) is 5. The van der Waals surface area contributed by atoms with Gasteiger partial charge >= 0.3 is 5.97 Å². The quantitative estimate of drug-likeness (QED) is 0.818. The predicted molar refractivity (Wildman–Crippen MR) is 92.3 cm³/mol. The fourth-order valence-corrected chi connectivity index (χ4v) is 2.05. The summed E-state index contributed by atoms with van der Waals surface area (Å²) in [6.07, 6.45) is -0.792. The van der Waals surface area contributed by atoms with E-state index in [2.05, 4.69) is 5.32 Å². The first-order valence-electron chi connectivity index (χ1n) is 7.79. The van der Waals surface area contributed by atoms with Crippen molar-refractivity contribution in [1.82, 2.24) is 0 Å². The minimum absolute atomic E-state index is 0.302. The maximum Gasteiger partial charge on any atom is 0.338 e. The maximum absolute atomic E-state index is 12.2. The molecule has 1 N–H and O–H groups in total. The van der Waals surface area contributed by atoms with Crippen LogP contribution in [-0.2, 0) is 9.53 Å². The van der Waals surface area contributed by atoms with Crippen molar-refractivity contribution in [3.8, 4) is 11.8 Å². The molecule has 128 valence electrons. The Morgan fingerprint density at radius 3 is 2.48 bits per heavy atom. The molecule has 6 nitrogen and oxygen atoms in total. The number of nitrogens with one attached hydrogen (secondary N) is 1. The summed E-state index contributed by atoms with van der Waals surface area (Å²) >= 11 is 0. The number of ether oxygens (including phenoxy) is 2. The van der Waals surface area contributed by atoms with Gasteiger partial charge in [0.05, 0.1) is 17.7 Å². The standard InChI is InChI=1S/C19H18N2O4/c1-3-24-19(23)14-8-10-16(11-9-14)21-18(22)13(2)25-17-7-5-4-6-15(17)12-20/h4-11,13H,3H2,1-2H3,(H,21,22). The molecule has 0 heterocycles. The van der Waals surface area contributed by atoms with Crippen molar-refractivity contribution in [3.05, 3.63) is 59.7 Å². The smallest absolute Gasteiger partial charge is 0.338 e. The highest BCUT2D eigenvalue weighted by atomic mass is 16.5. The Balaban J connectivity index is 1.99. The molecule has 0 bridgehead atoms. The van der Waals surface area contributed by atoms with E-state index in [1.807, 2.05) is 6.07 Å². The van der Waals surface area contributed by atoms with Gasteiger partial charge in [-0.1, -0.05) is 12.1 Å². The van der Waals surface area contributed by atoms with E-state index < -0.39 is 12.1 Å². The Hall–Kier alpha value is -3.33. The molecule has 0 aliphatic heterocycles. The number of rotatable bonds is 6. The van der Waals surface area contributed by atoms with E-state index >= 15 is 0 Å². The summed E-state index contributed by atoms with van der Waals surface area (Å²) in [6, 6.07) is 15.1. The molecule has 1 unspecified atom stereocenters. The maximum atomic E-state index is 12.2. The van der Waals surface area contributed by atoms with E-state index in [1.165, 1.54) is 0 Å². The summed E-state index contributed by atoms with van der Waals surface area (Å²) in [5.74, 6) is -0.424. The second-order valence-electron chi connectivity index (χ2n) is 5.16. The number of carbonyl (C=O) groups is 2. The van der Waals surface area contributed by atoms with Crippen LogP contribution in [0.5, 0.6) is 5.75 Å². The third-order valence-electron chi connectivity index (χ3n) is 3.34. The van der Waals surface area contributed by atoms with Crippen LogP contribution in [0.1, 0.15) is 29.8 Å². The molecule has 25 heavy (non-hydrogen) atoms. The van der Waals surface area contributed by atoms with Crippen LogP contribution in [-0.4, -0.2) is 24.6 Å². The van der Waals surface area contributed by atoms with Crippen LogP contribution in [0.15, 0.2) is 48.5 Å². The van der Waals surface area contributed by atoms with Gasteiger partial charge in [-0.15, -0.1) is 0 Å². The molecule has 1 amide bonds. The largest absolute Gasteiger partial charge is 0.480 e. The van der Waals surface area contributed by atoms with E-state index in [-0.39, 0.29) is 5.91 Å². The zero-order valence-electron chi connectivity index (χ0n) is 14.0. The predicted octanol–water partition coefficient (Wildman–Crippen LogP) is 3.14. The number of carbonyl (C=O) groups excluding carboxylic acids is 2. The summed E-state index contributed by atoms with van der Waals surface area (Å²) in [7, 11) is 0. The summed E-state index contributed by atoms with van der Waals surface area (Å²) in [4.78, 5) is 23.8. The van der Waals surface area contributed by atoms with Gasteiger partial charge in [0, 0.05) is 5.69 Å². The first kappa shape index (κ1) is 18.0. The molecular formula is C19H18N2O4. The van der Waals surface area contributed by atoms with Gasteiger partial charge < -0.3 is 14.8 Å². The number of anilines is 1. The molecule has 0 aromatic heterocycles. The second-order valence-corrected chi connectivity index (χ2v) is 5.16. The van der Waals surface area contributed by atoms with Gasteiger partial charge in [0.2, 0.25) is 0 Å². The molecule has 2 aromatic carbocycles. The van der Waals surface area contributed by atoms with E-state index in [4.69, 9.17) is 14.7 Å². The van der Waals surface area contributed by atoms with Gasteiger partial charge in [0.1, 0.15) is 11.8 Å². The lowest BCUT2D eigenvalue weighted by Crippen LogP contribution is -2.30. The van der Waals surface area contributed by atoms with Crippen molar-refractivity contribution in [3.63, 3.8) is 0 Å². The lowest BCUT2D eigenvalue weighted by molar-refractivity contribution is -0.122. The number of hydrogen-bond donors (Lipinski definition) is 1. The molecule has 0 aliphatic rings. The molecule has 6 heteroatoms. The number of para-hydroxylation sites is 1. The van der Waals surface area contributed by atoms with E-state index in [9.17, 15) is 9.59 Å². The molecule has 0 fully saturated rings. The first-order valence-corrected chi connectivity index (χ1v) is 7.79. The molecule has 0 aliphatic carbocycles. The Morgan fingerprint density at radius 1 is 1.16 bits per heavy atom.